The maximum atomic E-state index is 11.7. The highest BCUT2D eigenvalue weighted by Gasteiger charge is 2.05. The summed E-state index contributed by atoms with van der Waals surface area (Å²) < 4.78 is 0. The predicted molar refractivity (Wildman–Crippen MR) is 79.1 cm³/mol. The van der Waals surface area contributed by atoms with Gasteiger partial charge in [0.05, 0.1) is 0 Å². The lowest BCUT2D eigenvalue weighted by atomic mass is 10.2. The summed E-state index contributed by atoms with van der Waals surface area (Å²) in [4.78, 5) is 15.9. The number of amides is 1. The van der Waals surface area contributed by atoms with E-state index in [0.717, 1.165) is 16.3 Å². The summed E-state index contributed by atoms with van der Waals surface area (Å²) in [6.45, 7) is 1.90. The summed E-state index contributed by atoms with van der Waals surface area (Å²) in [6, 6.07) is 7.75. The van der Waals surface area contributed by atoms with Crippen LogP contribution >= 0.6 is 11.3 Å². The summed E-state index contributed by atoms with van der Waals surface area (Å²) in [6.07, 6.45) is 2.93. The number of aromatic nitrogens is 1. The van der Waals surface area contributed by atoms with E-state index in [0.29, 0.717) is 12.8 Å². The minimum absolute atomic E-state index is 0.000649. The molecule has 0 aliphatic heterocycles. The van der Waals surface area contributed by atoms with E-state index in [9.17, 15) is 4.79 Å². The molecule has 100 valence electrons. The second-order valence-corrected chi connectivity index (χ2v) is 5.37. The Bertz CT molecular complexity index is 520. The summed E-state index contributed by atoms with van der Waals surface area (Å²) in [5, 5.41) is 5.78. The number of anilines is 1. The molecule has 19 heavy (non-hydrogen) atoms. The number of nitrogens with zero attached hydrogens (tertiary/aromatic N) is 1. The van der Waals surface area contributed by atoms with Crippen LogP contribution in [0.15, 0.2) is 35.8 Å². The van der Waals surface area contributed by atoms with Crippen LogP contribution in [0.5, 0.6) is 0 Å². The number of hydrogen-bond acceptors (Lipinski definition) is 4. The highest BCUT2D eigenvalue weighted by molar-refractivity contribution is 7.13. The minimum Gasteiger partial charge on any atom is -0.328 e. The quantitative estimate of drug-likeness (QED) is 0.881. The SMILES string of the molecule is CC(N)CCC(=O)Nc1ccc(-c2nccs2)cc1. The predicted octanol–water partition coefficient (Wildman–Crippen LogP) is 2.88. The van der Waals surface area contributed by atoms with Gasteiger partial charge in [0.2, 0.25) is 5.91 Å². The van der Waals surface area contributed by atoms with Crippen LogP contribution in [0.1, 0.15) is 19.8 Å². The maximum absolute atomic E-state index is 11.7. The highest BCUT2D eigenvalue weighted by atomic mass is 32.1. The smallest absolute Gasteiger partial charge is 0.224 e. The van der Waals surface area contributed by atoms with Crippen LogP contribution in [0.4, 0.5) is 5.69 Å². The van der Waals surface area contributed by atoms with Gasteiger partial charge in [0.15, 0.2) is 0 Å². The number of hydrogen-bond donors (Lipinski definition) is 2. The van der Waals surface area contributed by atoms with Crippen molar-refractivity contribution in [3.8, 4) is 10.6 Å². The van der Waals surface area contributed by atoms with Crippen LogP contribution in [0.2, 0.25) is 0 Å². The molecule has 1 heterocycles. The zero-order valence-electron chi connectivity index (χ0n) is 10.8. The average molecular weight is 275 g/mol. The summed E-state index contributed by atoms with van der Waals surface area (Å²) in [5.74, 6) is -0.000649. The van der Waals surface area contributed by atoms with E-state index in [1.807, 2.05) is 36.6 Å². The van der Waals surface area contributed by atoms with Gasteiger partial charge in [-0.05, 0) is 37.6 Å². The van der Waals surface area contributed by atoms with Gasteiger partial charge in [0, 0.05) is 35.3 Å². The van der Waals surface area contributed by atoms with E-state index in [2.05, 4.69) is 10.3 Å². The fraction of sp³-hybridized carbons (Fsp3) is 0.286. The van der Waals surface area contributed by atoms with E-state index >= 15 is 0 Å². The average Bonchev–Trinajstić information content (AvgIpc) is 2.91. The topological polar surface area (TPSA) is 68.0 Å². The van der Waals surface area contributed by atoms with Crippen molar-refractivity contribution in [2.45, 2.75) is 25.8 Å². The molecule has 2 aromatic rings. The molecule has 1 unspecified atom stereocenters. The van der Waals surface area contributed by atoms with Gasteiger partial charge in [0.1, 0.15) is 5.01 Å². The first kappa shape index (κ1) is 13.7. The van der Waals surface area contributed by atoms with Crippen molar-refractivity contribution in [2.75, 3.05) is 5.32 Å². The fourth-order valence-electron chi connectivity index (χ4n) is 1.64. The van der Waals surface area contributed by atoms with Crippen molar-refractivity contribution >= 4 is 22.9 Å². The lowest BCUT2D eigenvalue weighted by Gasteiger charge is -2.07. The van der Waals surface area contributed by atoms with Gasteiger partial charge < -0.3 is 11.1 Å². The van der Waals surface area contributed by atoms with Crippen molar-refractivity contribution in [3.05, 3.63) is 35.8 Å². The minimum atomic E-state index is -0.000649. The number of nitrogens with two attached hydrogens (primary N) is 1. The number of nitrogens with one attached hydrogen (secondary N) is 1. The normalized spacial score (nSPS) is 12.1. The molecule has 2 rings (SSSR count). The highest BCUT2D eigenvalue weighted by Crippen LogP contribution is 2.23. The molecule has 0 radical (unpaired) electrons. The molecule has 0 aliphatic carbocycles. The molecular weight excluding hydrogens is 258 g/mol. The van der Waals surface area contributed by atoms with Crippen LogP contribution in [-0.4, -0.2) is 16.9 Å². The summed E-state index contributed by atoms with van der Waals surface area (Å²) in [7, 11) is 0. The monoisotopic (exact) mass is 275 g/mol. The van der Waals surface area contributed by atoms with Gasteiger partial charge >= 0.3 is 0 Å². The molecule has 0 bridgehead atoms. The zero-order valence-corrected chi connectivity index (χ0v) is 11.6. The lowest BCUT2D eigenvalue weighted by molar-refractivity contribution is -0.116. The van der Waals surface area contributed by atoms with E-state index in [4.69, 9.17) is 5.73 Å². The molecule has 5 heteroatoms. The molecule has 3 N–H and O–H groups in total. The van der Waals surface area contributed by atoms with E-state index < -0.39 is 0 Å². The Morgan fingerprint density at radius 3 is 2.74 bits per heavy atom. The van der Waals surface area contributed by atoms with Crippen LogP contribution in [-0.2, 0) is 4.79 Å². The van der Waals surface area contributed by atoms with E-state index in [1.54, 1.807) is 17.5 Å². The first-order valence-electron chi connectivity index (χ1n) is 6.20. The van der Waals surface area contributed by atoms with Gasteiger partial charge in [-0.15, -0.1) is 11.3 Å². The molecule has 1 atom stereocenters. The van der Waals surface area contributed by atoms with Gasteiger partial charge in [-0.2, -0.15) is 0 Å². The van der Waals surface area contributed by atoms with Crippen LogP contribution in [0, 0.1) is 0 Å². The van der Waals surface area contributed by atoms with Gasteiger partial charge in [-0.3, -0.25) is 4.79 Å². The third-order valence-corrected chi connectivity index (χ3v) is 3.50. The Labute approximate surface area is 116 Å². The molecule has 1 aromatic heterocycles. The third kappa shape index (κ3) is 4.15. The number of carbonyl (C=O) groups is 1. The van der Waals surface area contributed by atoms with Crippen molar-refractivity contribution in [1.29, 1.82) is 0 Å². The first-order chi connectivity index (χ1) is 9.15. The molecule has 0 fully saturated rings. The number of rotatable bonds is 5. The van der Waals surface area contributed by atoms with Gasteiger partial charge in [0.25, 0.3) is 0 Å². The largest absolute Gasteiger partial charge is 0.328 e. The Kier molecular flexibility index (Phi) is 4.65. The maximum Gasteiger partial charge on any atom is 0.224 e. The standard InChI is InChI=1S/C14H17N3OS/c1-10(15)2-7-13(18)17-12-5-3-11(4-6-12)14-16-8-9-19-14/h3-6,8-10H,2,7,15H2,1H3,(H,17,18). The molecule has 0 saturated heterocycles. The van der Waals surface area contributed by atoms with Crippen LogP contribution in [0.25, 0.3) is 10.6 Å². The Balaban J connectivity index is 1.94. The third-order valence-electron chi connectivity index (χ3n) is 2.67. The Morgan fingerprint density at radius 2 is 2.16 bits per heavy atom. The summed E-state index contributed by atoms with van der Waals surface area (Å²) in [5.41, 5.74) is 7.48. The molecule has 0 spiro atoms. The van der Waals surface area contributed by atoms with Gasteiger partial charge in [-0.1, -0.05) is 0 Å². The van der Waals surface area contributed by atoms with Crippen molar-refractivity contribution in [3.63, 3.8) is 0 Å². The Hall–Kier alpha value is -1.72. The van der Waals surface area contributed by atoms with E-state index in [-0.39, 0.29) is 11.9 Å². The first-order valence-corrected chi connectivity index (χ1v) is 7.08. The van der Waals surface area contributed by atoms with Gasteiger partial charge in [-0.25, -0.2) is 4.98 Å². The number of thiazole rings is 1. The molecule has 0 saturated carbocycles. The van der Waals surface area contributed by atoms with Crippen LogP contribution in [0.3, 0.4) is 0 Å². The second-order valence-electron chi connectivity index (χ2n) is 4.48. The zero-order chi connectivity index (χ0) is 13.7. The molecule has 4 nitrogen and oxygen atoms in total. The van der Waals surface area contributed by atoms with Crippen molar-refractivity contribution in [2.24, 2.45) is 5.73 Å². The molecule has 0 aliphatic rings. The van der Waals surface area contributed by atoms with Crippen molar-refractivity contribution in [1.82, 2.24) is 4.98 Å². The van der Waals surface area contributed by atoms with Crippen molar-refractivity contribution < 1.29 is 4.79 Å². The number of carbonyl (C=O) groups excluding carboxylic acids is 1. The summed E-state index contributed by atoms with van der Waals surface area (Å²) >= 11 is 1.59. The molecule has 1 amide bonds. The molecule has 1 aromatic carbocycles. The second kappa shape index (κ2) is 6.45. The number of benzene rings is 1. The fourth-order valence-corrected chi connectivity index (χ4v) is 2.29. The van der Waals surface area contributed by atoms with E-state index in [1.165, 1.54) is 0 Å². The molecular formula is C14H17N3OS. The Morgan fingerprint density at radius 1 is 1.42 bits per heavy atom. The van der Waals surface area contributed by atoms with Crippen LogP contribution < -0.4 is 11.1 Å². The lowest BCUT2D eigenvalue weighted by Crippen LogP contribution is -2.19.